The summed E-state index contributed by atoms with van der Waals surface area (Å²) in [4.78, 5) is 12.1. The Bertz CT molecular complexity index is 680. The monoisotopic (exact) mass is 756 g/mol. The first kappa shape index (κ1) is 52.1. The standard InChI is InChI=1S/C46H93NO6/c1-4-6-8-10-12-14-16-18-20-21-22-24-26-28-30-32-38-51-44-45(36-34-41-53-46(48)47-37-35-39-50-43-42-49-3)52-40-33-31-29-27-25-23-19-17-15-13-11-9-7-5-2/h45H,4-44H2,1-3H3,(H,47,48)/t45-/m0/s1. The Kier molecular flexibility index (Phi) is 46.5. The van der Waals surface area contributed by atoms with Crippen molar-refractivity contribution in [3.63, 3.8) is 0 Å². The molecule has 0 aromatic carbocycles. The molecule has 1 N–H and O–H groups in total. The molecule has 0 aromatic rings. The molecule has 0 fully saturated rings. The maximum absolute atomic E-state index is 12.1. The molecule has 0 heterocycles. The summed E-state index contributed by atoms with van der Waals surface area (Å²) >= 11 is 0. The minimum Gasteiger partial charge on any atom is -0.450 e. The van der Waals surface area contributed by atoms with Gasteiger partial charge in [0.2, 0.25) is 0 Å². The van der Waals surface area contributed by atoms with E-state index in [0.29, 0.717) is 39.6 Å². The van der Waals surface area contributed by atoms with Crippen molar-refractivity contribution in [3.8, 4) is 0 Å². The van der Waals surface area contributed by atoms with Crippen molar-refractivity contribution in [2.45, 2.75) is 232 Å². The number of hydrogen-bond donors (Lipinski definition) is 1. The summed E-state index contributed by atoms with van der Waals surface area (Å²) in [5.74, 6) is 0. The zero-order chi connectivity index (χ0) is 38.4. The summed E-state index contributed by atoms with van der Waals surface area (Å²) in [5.41, 5.74) is 0. The second-order valence-electron chi connectivity index (χ2n) is 15.6. The minimum absolute atomic E-state index is 0.0638. The van der Waals surface area contributed by atoms with Gasteiger partial charge in [-0.05, 0) is 32.1 Å². The van der Waals surface area contributed by atoms with Crippen LogP contribution in [0, 0.1) is 0 Å². The quantitative estimate of drug-likeness (QED) is 0.0624. The molecule has 0 saturated carbocycles. The topological polar surface area (TPSA) is 75.3 Å². The van der Waals surface area contributed by atoms with Gasteiger partial charge in [0.1, 0.15) is 0 Å². The van der Waals surface area contributed by atoms with Crippen LogP contribution in [0.4, 0.5) is 4.79 Å². The van der Waals surface area contributed by atoms with Gasteiger partial charge in [-0.1, -0.05) is 194 Å². The lowest BCUT2D eigenvalue weighted by atomic mass is 10.0. The van der Waals surface area contributed by atoms with Gasteiger partial charge in [0.15, 0.2) is 0 Å². The van der Waals surface area contributed by atoms with Crippen LogP contribution in [0.5, 0.6) is 0 Å². The highest BCUT2D eigenvalue weighted by Gasteiger charge is 2.11. The third-order valence-corrected chi connectivity index (χ3v) is 10.4. The number of hydrogen-bond acceptors (Lipinski definition) is 6. The molecule has 0 spiro atoms. The van der Waals surface area contributed by atoms with Crippen LogP contribution < -0.4 is 5.32 Å². The fourth-order valence-electron chi connectivity index (χ4n) is 6.86. The number of amides is 1. The summed E-state index contributed by atoms with van der Waals surface area (Å²) < 4.78 is 28.2. The van der Waals surface area contributed by atoms with Gasteiger partial charge in [0.05, 0.1) is 32.5 Å². The number of methoxy groups -OCH3 is 1. The summed E-state index contributed by atoms with van der Waals surface area (Å²) in [6.07, 6.45) is 43.3. The lowest BCUT2D eigenvalue weighted by molar-refractivity contribution is -0.0251. The number of nitrogens with one attached hydrogen (secondary N) is 1. The fourth-order valence-corrected chi connectivity index (χ4v) is 6.86. The van der Waals surface area contributed by atoms with E-state index in [1.807, 2.05) is 0 Å². The predicted octanol–water partition coefficient (Wildman–Crippen LogP) is 13.7. The lowest BCUT2D eigenvalue weighted by Crippen LogP contribution is -2.27. The van der Waals surface area contributed by atoms with Gasteiger partial charge in [0.25, 0.3) is 0 Å². The summed E-state index contributed by atoms with van der Waals surface area (Å²) in [7, 11) is 1.66. The Morgan fingerprint density at radius 1 is 0.434 bits per heavy atom. The van der Waals surface area contributed by atoms with E-state index in [-0.39, 0.29) is 12.2 Å². The van der Waals surface area contributed by atoms with Crippen LogP contribution >= 0.6 is 0 Å². The molecule has 53 heavy (non-hydrogen) atoms. The highest BCUT2D eigenvalue weighted by molar-refractivity contribution is 5.66. The molecule has 0 saturated heterocycles. The second kappa shape index (κ2) is 47.3. The molecule has 318 valence electrons. The molecule has 0 aliphatic heterocycles. The van der Waals surface area contributed by atoms with Crippen molar-refractivity contribution in [1.82, 2.24) is 5.32 Å². The van der Waals surface area contributed by atoms with E-state index in [0.717, 1.165) is 45.3 Å². The largest absolute Gasteiger partial charge is 0.450 e. The summed E-state index contributed by atoms with van der Waals surface area (Å²) in [5, 5.41) is 2.81. The SMILES string of the molecule is CCCCCCCCCCCCCCCCCCOC[C@H](CCCOC(=O)NCCCOCCOC)OCCCCCCCCCCCCCCCC. The highest BCUT2D eigenvalue weighted by Crippen LogP contribution is 2.15. The average Bonchev–Trinajstić information content (AvgIpc) is 3.16. The number of alkyl carbamates (subject to hydrolysis) is 1. The molecular formula is C46H93NO6. The molecule has 7 nitrogen and oxygen atoms in total. The maximum atomic E-state index is 12.1. The van der Waals surface area contributed by atoms with Crippen molar-refractivity contribution in [3.05, 3.63) is 0 Å². The highest BCUT2D eigenvalue weighted by atomic mass is 16.6. The fraction of sp³-hybridized carbons (Fsp3) is 0.978. The zero-order valence-electron chi connectivity index (χ0n) is 36.0. The number of carbonyl (C=O) groups is 1. The molecule has 1 atom stereocenters. The smallest absolute Gasteiger partial charge is 0.407 e. The van der Waals surface area contributed by atoms with Crippen LogP contribution in [-0.4, -0.2) is 72.1 Å². The molecular weight excluding hydrogens is 663 g/mol. The van der Waals surface area contributed by atoms with Crippen LogP contribution in [0.25, 0.3) is 0 Å². The van der Waals surface area contributed by atoms with Crippen molar-refractivity contribution in [1.29, 1.82) is 0 Å². The first-order chi connectivity index (χ1) is 26.2. The van der Waals surface area contributed by atoms with E-state index in [4.69, 9.17) is 23.7 Å². The van der Waals surface area contributed by atoms with Crippen LogP contribution in [0.1, 0.15) is 226 Å². The van der Waals surface area contributed by atoms with Crippen LogP contribution in [0.2, 0.25) is 0 Å². The maximum Gasteiger partial charge on any atom is 0.407 e. The molecule has 0 bridgehead atoms. The van der Waals surface area contributed by atoms with Crippen molar-refractivity contribution < 1.29 is 28.5 Å². The van der Waals surface area contributed by atoms with Gasteiger partial charge < -0.3 is 29.0 Å². The van der Waals surface area contributed by atoms with Crippen LogP contribution in [0.15, 0.2) is 0 Å². The van der Waals surface area contributed by atoms with Gasteiger partial charge >= 0.3 is 6.09 Å². The number of rotatable bonds is 46. The van der Waals surface area contributed by atoms with E-state index in [2.05, 4.69) is 19.2 Å². The third-order valence-electron chi connectivity index (χ3n) is 10.4. The van der Waals surface area contributed by atoms with E-state index in [1.165, 1.54) is 180 Å². The van der Waals surface area contributed by atoms with Crippen LogP contribution in [0.3, 0.4) is 0 Å². The number of ether oxygens (including phenoxy) is 5. The van der Waals surface area contributed by atoms with Gasteiger partial charge in [-0.2, -0.15) is 0 Å². The summed E-state index contributed by atoms with van der Waals surface area (Å²) in [6.45, 7) is 9.52. The van der Waals surface area contributed by atoms with Crippen LogP contribution in [-0.2, 0) is 23.7 Å². The third kappa shape index (κ3) is 45.4. The minimum atomic E-state index is -0.360. The van der Waals surface area contributed by atoms with Gasteiger partial charge in [-0.25, -0.2) is 4.79 Å². The van der Waals surface area contributed by atoms with E-state index >= 15 is 0 Å². The molecule has 0 aromatic heterocycles. The molecule has 1 amide bonds. The van der Waals surface area contributed by atoms with Gasteiger partial charge in [-0.15, -0.1) is 0 Å². The van der Waals surface area contributed by atoms with E-state index < -0.39 is 0 Å². The molecule has 0 rings (SSSR count). The summed E-state index contributed by atoms with van der Waals surface area (Å²) in [6, 6.07) is 0. The first-order valence-electron chi connectivity index (χ1n) is 23.4. The Labute approximate surface area is 330 Å². The molecule has 0 unspecified atom stereocenters. The predicted molar refractivity (Wildman–Crippen MR) is 226 cm³/mol. The van der Waals surface area contributed by atoms with Crippen molar-refractivity contribution in [2.75, 3.05) is 59.9 Å². The molecule has 0 aliphatic carbocycles. The van der Waals surface area contributed by atoms with E-state index in [9.17, 15) is 4.79 Å². The first-order valence-corrected chi connectivity index (χ1v) is 23.4. The number of carbonyl (C=O) groups excluding carboxylic acids is 1. The Balaban J connectivity index is 4.00. The van der Waals surface area contributed by atoms with Crippen molar-refractivity contribution in [2.24, 2.45) is 0 Å². The Morgan fingerprint density at radius 3 is 1.30 bits per heavy atom. The van der Waals surface area contributed by atoms with Gasteiger partial charge in [0, 0.05) is 33.5 Å². The molecule has 7 heteroatoms. The zero-order valence-corrected chi connectivity index (χ0v) is 36.0. The van der Waals surface area contributed by atoms with Crippen molar-refractivity contribution >= 4 is 6.09 Å². The average molecular weight is 756 g/mol. The number of unbranched alkanes of at least 4 members (excludes halogenated alkanes) is 28. The molecule has 0 radical (unpaired) electrons. The second-order valence-corrected chi connectivity index (χ2v) is 15.6. The lowest BCUT2D eigenvalue weighted by Gasteiger charge is -2.18. The van der Waals surface area contributed by atoms with Gasteiger partial charge in [-0.3, -0.25) is 0 Å². The Hall–Kier alpha value is -0.890. The molecule has 0 aliphatic rings. The Morgan fingerprint density at radius 2 is 0.849 bits per heavy atom. The normalized spacial score (nSPS) is 12.1. The van der Waals surface area contributed by atoms with E-state index in [1.54, 1.807) is 7.11 Å².